The zero-order valence-electron chi connectivity index (χ0n) is 30.1. The van der Waals surface area contributed by atoms with Gasteiger partial charge in [0.25, 0.3) is 0 Å². The molecule has 12 nitrogen and oxygen atoms in total. The van der Waals surface area contributed by atoms with Crippen LogP contribution in [-0.4, -0.2) is 36.7 Å². The first-order chi connectivity index (χ1) is 27.9. The molecule has 0 bridgehead atoms. The Hall–Kier alpha value is -6.86. The maximum absolute atomic E-state index is 10.5. The van der Waals surface area contributed by atoms with Crippen molar-refractivity contribution in [2.24, 2.45) is 0 Å². The quantitative estimate of drug-likeness (QED) is 0.147. The molecule has 6 aromatic rings. The van der Waals surface area contributed by atoms with Crippen LogP contribution in [0.15, 0.2) is 127 Å². The van der Waals surface area contributed by atoms with E-state index in [0.717, 1.165) is 0 Å². The molecule has 0 aliphatic carbocycles. The Bertz CT molecular complexity index is 2220. The summed E-state index contributed by atoms with van der Waals surface area (Å²) in [6, 6.07) is 41.2. The molecule has 1 saturated heterocycles. The Morgan fingerprint density at radius 2 is 0.632 bits per heavy atom. The minimum absolute atomic E-state index is 0.397. The first-order valence-corrected chi connectivity index (χ1v) is 17.6. The molecular weight excluding hydrogens is 723 g/mol. The number of aliphatic hydroxyl groups is 3. The topological polar surface area (TPSA) is 187 Å². The fourth-order valence-electron chi connectivity index (χ4n) is 6.11. The fraction of sp³-hybridized carbons (Fsp3) is 0.0714. The molecule has 0 radical (unpaired) electrons. The Labute approximate surface area is 329 Å². The van der Waals surface area contributed by atoms with Crippen LogP contribution in [0.1, 0.15) is 33.4 Å². The van der Waals surface area contributed by atoms with Crippen molar-refractivity contribution in [3.8, 4) is 52.7 Å². The summed E-state index contributed by atoms with van der Waals surface area (Å²) in [5.41, 5.74) is 4.20. The number of ether oxygens (including phenoxy) is 3. The summed E-state index contributed by atoms with van der Waals surface area (Å²) in [5.74, 6) is 2.76. The molecule has 7 rings (SSSR count). The largest absolute Gasteiger partial charge is 0.467 e. The normalized spacial score (nSPS) is 12.3. The number of hydrogen-bond acceptors (Lipinski definition) is 12. The van der Waals surface area contributed by atoms with E-state index in [1.807, 2.05) is 0 Å². The van der Waals surface area contributed by atoms with Crippen molar-refractivity contribution >= 4 is 37.7 Å². The second-order valence-electron chi connectivity index (χ2n) is 12.7. The predicted molar refractivity (Wildman–Crippen MR) is 210 cm³/mol. The molecular formula is C42H30B3N3O9. The fourth-order valence-corrected chi connectivity index (χ4v) is 6.11. The lowest BCUT2D eigenvalue weighted by molar-refractivity contribution is 0.276. The van der Waals surface area contributed by atoms with Crippen LogP contribution in [0, 0.1) is 34.0 Å². The van der Waals surface area contributed by atoms with Gasteiger partial charge in [0.1, 0.15) is 34.5 Å². The number of hydrogen-bond donors (Lipinski definition) is 3. The molecule has 57 heavy (non-hydrogen) atoms. The highest BCUT2D eigenvalue weighted by Gasteiger charge is 2.45. The number of nitriles is 3. The Kier molecular flexibility index (Phi) is 12.0. The summed E-state index contributed by atoms with van der Waals surface area (Å²) in [6.07, 6.45) is 0. The third-order valence-corrected chi connectivity index (χ3v) is 9.02. The molecule has 0 unspecified atom stereocenters. The van der Waals surface area contributed by atoms with Crippen molar-refractivity contribution in [2.75, 3.05) is 0 Å². The molecule has 0 amide bonds. The molecule has 3 N–H and O–H groups in total. The maximum atomic E-state index is 10.5. The smallest absolute Gasteiger partial charge is 0.457 e. The van der Waals surface area contributed by atoms with Crippen molar-refractivity contribution < 1.29 is 43.2 Å². The lowest BCUT2D eigenvalue weighted by Crippen LogP contribution is -2.62. The summed E-state index contributed by atoms with van der Waals surface area (Å²) in [7, 11) is -3.37. The van der Waals surface area contributed by atoms with Gasteiger partial charge >= 0.3 is 21.4 Å². The van der Waals surface area contributed by atoms with Gasteiger partial charge in [-0.25, -0.2) is 0 Å². The van der Waals surface area contributed by atoms with E-state index in [4.69, 9.17) is 43.7 Å². The average molecular weight is 753 g/mol. The molecule has 1 aliphatic heterocycles. The lowest BCUT2D eigenvalue weighted by atomic mass is 9.59. The molecule has 1 aliphatic rings. The third-order valence-electron chi connectivity index (χ3n) is 9.02. The van der Waals surface area contributed by atoms with E-state index in [1.165, 1.54) is 0 Å². The lowest BCUT2D eigenvalue weighted by Gasteiger charge is -2.33. The van der Waals surface area contributed by atoms with Gasteiger partial charge in [0.05, 0.1) is 54.7 Å². The standard InChI is InChI=1S/C42H30B3N3O9/c46-22-28-1-7-34(8-2-28)52-37-13-16-40(31(19-37)25-49)43-55-44(41-17-14-38(20-32(41)26-50)53-35-9-3-29(23-47)4-10-35)57-45(56-43)42-18-15-39(21-33(42)27-51)54-36-11-5-30(24-48)6-12-36/h1-21,49-51H,25-27H2. The number of rotatable bonds is 12. The minimum atomic E-state index is -1.12. The van der Waals surface area contributed by atoms with Gasteiger partial charge in [0.2, 0.25) is 0 Å². The van der Waals surface area contributed by atoms with Gasteiger partial charge < -0.3 is 43.2 Å². The van der Waals surface area contributed by atoms with Crippen LogP contribution >= 0.6 is 0 Å². The Morgan fingerprint density at radius 3 is 0.860 bits per heavy atom. The van der Waals surface area contributed by atoms with Crippen LogP contribution in [0.2, 0.25) is 0 Å². The van der Waals surface area contributed by atoms with Gasteiger partial charge in [-0.15, -0.1) is 0 Å². The zero-order chi connectivity index (χ0) is 39.7. The molecule has 15 heteroatoms. The monoisotopic (exact) mass is 753 g/mol. The van der Waals surface area contributed by atoms with E-state index in [0.29, 0.717) is 84.3 Å². The first kappa shape index (κ1) is 38.4. The van der Waals surface area contributed by atoms with Crippen molar-refractivity contribution in [3.63, 3.8) is 0 Å². The van der Waals surface area contributed by atoms with Gasteiger partial charge in [-0.1, -0.05) is 18.2 Å². The maximum Gasteiger partial charge on any atom is 0.467 e. The molecule has 0 aromatic heterocycles. The van der Waals surface area contributed by atoms with Gasteiger partial charge in [-0.2, -0.15) is 15.8 Å². The minimum Gasteiger partial charge on any atom is -0.457 e. The molecule has 1 fully saturated rings. The number of aliphatic hydroxyl groups excluding tert-OH is 3. The molecule has 1 heterocycles. The summed E-state index contributed by atoms with van der Waals surface area (Å²) in [5, 5.41) is 59.0. The Morgan fingerprint density at radius 1 is 0.386 bits per heavy atom. The number of nitrogens with zero attached hydrogens (tertiary/aromatic N) is 3. The van der Waals surface area contributed by atoms with E-state index in [9.17, 15) is 15.3 Å². The van der Waals surface area contributed by atoms with Crippen LogP contribution in [0.3, 0.4) is 0 Å². The molecule has 0 atom stereocenters. The summed E-state index contributed by atoms with van der Waals surface area (Å²) < 4.78 is 37.3. The van der Waals surface area contributed by atoms with Crippen molar-refractivity contribution in [3.05, 3.63) is 161 Å². The van der Waals surface area contributed by atoms with Gasteiger partial charge in [0, 0.05) is 0 Å². The van der Waals surface area contributed by atoms with E-state index in [2.05, 4.69) is 18.2 Å². The van der Waals surface area contributed by atoms with Crippen LogP contribution in [0.5, 0.6) is 34.5 Å². The van der Waals surface area contributed by atoms with Crippen LogP contribution in [0.25, 0.3) is 0 Å². The molecule has 0 saturated carbocycles. The van der Waals surface area contributed by atoms with Gasteiger partial charge in [-0.3, -0.25) is 0 Å². The highest BCUT2D eigenvalue weighted by atomic mass is 16.7. The van der Waals surface area contributed by atoms with E-state index in [-0.39, 0.29) is 0 Å². The highest BCUT2D eigenvalue weighted by molar-refractivity contribution is 6.87. The summed E-state index contributed by atoms with van der Waals surface area (Å²) >= 11 is 0. The van der Waals surface area contributed by atoms with Crippen LogP contribution < -0.4 is 30.6 Å². The molecule has 276 valence electrons. The van der Waals surface area contributed by atoms with Crippen molar-refractivity contribution in [2.45, 2.75) is 19.8 Å². The summed E-state index contributed by atoms with van der Waals surface area (Å²) in [4.78, 5) is 0. The molecule has 0 spiro atoms. The van der Waals surface area contributed by atoms with Crippen LogP contribution in [0.4, 0.5) is 0 Å². The second kappa shape index (κ2) is 17.7. The van der Waals surface area contributed by atoms with E-state index in [1.54, 1.807) is 127 Å². The first-order valence-electron chi connectivity index (χ1n) is 17.6. The molecule has 6 aromatic carbocycles. The van der Waals surface area contributed by atoms with Gasteiger partial charge in [-0.05, 0) is 142 Å². The average Bonchev–Trinajstić information content (AvgIpc) is 3.26. The van der Waals surface area contributed by atoms with E-state index < -0.39 is 41.2 Å². The number of benzene rings is 6. The summed E-state index contributed by atoms with van der Waals surface area (Å²) in [6.45, 7) is -1.19. The zero-order valence-corrected chi connectivity index (χ0v) is 30.1. The van der Waals surface area contributed by atoms with E-state index >= 15 is 0 Å². The second-order valence-corrected chi connectivity index (χ2v) is 12.7. The van der Waals surface area contributed by atoms with Crippen molar-refractivity contribution in [1.82, 2.24) is 0 Å². The van der Waals surface area contributed by atoms with Crippen molar-refractivity contribution in [1.29, 1.82) is 15.8 Å². The highest BCUT2D eigenvalue weighted by Crippen LogP contribution is 2.27. The van der Waals surface area contributed by atoms with Gasteiger partial charge in [0.15, 0.2) is 0 Å². The third kappa shape index (κ3) is 9.00. The SMILES string of the molecule is N#Cc1ccc(Oc2ccc(B3OB(c4ccc(Oc5ccc(C#N)cc5)cc4CO)OB(c4ccc(Oc5ccc(C#N)cc5)cc4CO)O3)c(CO)c2)cc1. The Balaban J connectivity index is 1.21. The predicted octanol–water partition coefficient (Wildman–Crippen LogP) is 4.70. The van der Waals surface area contributed by atoms with Crippen LogP contribution in [-0.2, 0) is 33.5 Å².